The van der Waals surface area contributed by atoms with Gasteiger partial charge in [0.25, 0.3) is 0 Å². The van der Waals surface area contributed by atoms with Gasteiger partial charge in [-0.15, -0.1) is 10.2 Å². The number of nitrogens with one attached hydrogen (secondary N) is 1. The van der Waals surface area contributed by atoms with Crippen molar-refractivity contribution in [2.75, 3.05) is 5.75 Å². The average Bonchev–Trinajstić information content (AvgIpc) is 2.91. The van der Waals surface area contributed by atoms with Gasteiger partial charge in [0.05, 0.1) is 5.75 Å². The van der Waals surface area contributed by atoms with Gasteiger partial charge in [-0.2, -0.15) is 0 Å². The van der Waals surface area contributed by atoms with Crippen LogP contribution in [0.25, 0.3) is 5.65 Å². The van der Waals surface area contributed by atoms with Gasteiger partial charge in [-0.25, -0.2) is 0 Å². The lowest BCUT2D eigenvalue weighted by molar-refractivity contribution is -0.119. The molecule has 1 aliphatic carbocycles. The molecule has 118 valence electrons. The highest BCUT2D eigenvalue weighted by molar-refractivity contribution is 7.99. The molecule has 0 bridgehead atoms. The van der Waals surface area contributed by atoms with Crippen LogP contribution in [0.4, 0.5) is 0 Å². The molecular weight excluding hydrogens is 296 g/mol. The zero-order valence-corrected chi connectivity index (χ0v) is 13.5. The molecule has 0 saturated heterocycles. The van der Waals surface area contributed by atoms with Gasteiger partial charge in [0.1, 0.15) is 0 Å². The molecule has 0 radical (unpaired) electrons. The van der Waals surface area contributed by atoms with Crippen LogP contribution in [0.3, 0.4) is 0 Å². The maximum absolute atomic E-state index is 12.2. The number of fused-ring (bicyclic) bond motifs is 1. The Kier molecular flexibility index (Phi) is 5.32. The Morgan fingerprint density at radius 3 is 2.77 bits per heavy atom. The van der Waals surface area contributed by atoms with Gasteiger partial charge in [-0.1, -0.05) is 49.9 Å². The third kappa shape index (κ3) is 4.00. The van der Waals surface area contributed by atoms with Gasteiger partial charge in [-0.3, -0.25) is 9.20 Å². The summed E-state index contributed by atoms with van der Waals surface area (Å²) in [4.78, 5) is 12.2. The fourth-order valence-electron chi connectivity index (χ4n) is 2.92. The SMILES string of the molecule is O=C(CSc1nnc2ccccn12)NC1CCCCCCC1. The lowest BCUT2D eigenvalue weighted by Crippen LogP contribution is -2.36. The van der Waals surface area contributed by atoms with Crippen molar-refractivity contribution >= 4 is 23.3 Å². The number of carbonyl (C=O) groups excluding carboxylic acids is 1. The molecule has 1 aliphatic rings. The van der Waals surface area contributed by atoms with Gasteiger partial charge in [0.2, 0.25) is 5.91 Å². The summed E-state index contributed by atoms with van der Waals surface area (Å²) >= 11 is 1.44. The maximum atomic E-state index is 12.2. The summed E-state index contributed by atoms with van der Waals surface area (Å²) in [6.07, 6.45) is 10.6. The second-order valence-electron chi connectivity index (χ2n) is 5.81. The van der Waals surface area contributed by atoms with Crippen molar-refractivity contribution in [3.63, 3.8) is 0 Å². The first kappa shape index (κ1) is 15.3. The molecule has 1 saturated carbocycles. The molecule has 22 heavy (non-hydrogen) atoms. The zero-order chi connectivity index (χ0) is 15.2. The number of thioether (sulfide) groups is 1. The van der Waals surface area contributed by atoms with E-state index in [1.165, 1.54) is 43.9 Å². The van der Waals surface area contributed by atoms with Gasteiger partial charge in [0, 0.05) is 12.2 Å². The Morgan fingerprint density at radius 1 is 1.18 bits per heavy atom. The van der Waals surface area contributed by atoms with E-state index in [1.807, 2.05) is 28.8 Å². The molecule has 6 heteroatoms. The number of hydrogen-bond donors (Lipinski definition) is 1. The molecule has 2 aromatic heterocycles. The standard InChI is InChI=1S/C16H22N4OS/c21-15(17-13-8-4-2-1-3-5-9-13)12-22-16-19-18-14-10-6-7-11-20(14)16/h6-7,10-11,13H,1-5,8-9,12H2,(H,17,21). The van der Waals surface area contributed by atoms with E-state index >= 15 is 0 Å². The van der Waals surface area contributed by atoms with E-state index < -0.39 is 0 Å². The van der Waals surface area contributed by atoms with E-state index in [1.54, 1.807) is 0 Å². The molecule has 1 amide bonds. The Bertz CT molecular complexity index is 619. The van der Waals surface area contributed by atoms with Crippen LogP contribution in [0, 0.1) is 0 Å². The normalized spacial score (nSPS) is 17.1. The molecule has 1 fully saturated rings. The monoisotopic (exact) mass is 318 g/mol. The number of hydrogen-bond acceptors (Lipinski definition) is 4. The first-order valence-electron chi connectivity index (χ1n) is 8.05. The lowest BCUT2D eigenvalue weighted by atomic mass is 9.97. The minimum Gasteiger partial charge on any atom is -0.353 e. The highest BCUT2D eigenvalue weighted by Gasteiger charge is 2.15. The number of aromatic nitrogens is 3. The van der Waals surface area contributed by atoms with Crippen LogP contribution in [0.2, 0.25) is 0 Å². The van der Waals surface area contributed by atoms with E-state index in [2.05, 4.69) is 15.5 Å². The Hall–Kier alpha value is -1.56. The Balaban J connectivity index is 1.51. The first-order chi connectivity index (χ1) is 10.8. The quantitative estimate of drug-likeness (QED) is 0.880. The summed E-state index contributed by atoms with van der Waals surface area (Å²) < 4.78 is 1.91. The summed E-state index contributed by atoms with van der Waals surface area (Å²) in [6, 6.07) is 6.13. The van der Waals surface area contributed by atoms with Crippen LogP contribution in [0.15, 0.2) is 29.6 Å². The topological polar surface area (TPSA) is 59.3 Å². The largest absolute Gasteiger partial charge is 0.353 e. The third-order valence-corrected chi connectivity index (χ3v) is 5.03. The van der Waals surface area contributed by atoms with E-state index in [0.29, 0.717) is 11.8 Å². The van der Waals surface area contributed by atoms with E-state index in [9.17, 15) is 4.79 Å². The molecule has 0 unspecified atom stereocenters. The molecule has 5 nitrogen and oxygen atoms in total. The molecule has 2 aromatic rings. The fraction of sp³-hybridized carbons (Fsp3) is 0.562. The van der Waals surface area contributed by atoms with E-state index in [-0.39, 0.29) is 5.91 Å². The summed E-state index contributed by atoms with van der Waals surface area (Å²) in [6.45, 7) is 0. The van der Waals surface area contributed by atoms with Crippen molar-refractivity contribution in [1.82, 2.24) is 19.9 Å². The predicted octanol–water partition coefficient (Wildman–Crippen LogP) is 3.05. The summed E-state index contributed by atoms with van der Waals surface area (Å²) in [7, 11) is 0. The van der Waals surface area contributed by atoms with Crippen molar-refractivity contribution in [2.45, 2.75) is 56.1 Å². The number of pyridine rings is 1. The minimum atomic E-state index is 0.100. The van der Waals surface area contributed by atoms with Crippen LogP contribution < -0.4 is 5.32 Å². The van der Waals surface area contributed by atoms with Gasteiger partial charge >= 0.3 is 0 Å². The minimum absolute atomic E-state index is 0.100. The molecule has 0 spiro atoms. The molecule has 0 aromatic carbocycles. The number of rotatable bonds is 4. The van der Waals surface area contributed by atoms with Crippen LogP contribution in [-0.2, 0) is 4.79 Å². The Morgan fingerprint density at radius 2 is 1.95 bits per heavy atom. The van der Waals surface area contributed by atoms with Gasteiger partial charge in [-0.05, 0) is 25.0 Å². The fourth-order valence-corrected chi connectivity index (χ4v) is 3.65. The highest BCUT2D eigenvalue weighted by Crippen LogP contribution is 2.19. The second kappa shape index (κ2) is 7.63. The molecule has 0 atom stereocenters. The molecule has 2 heterocycles. The maximum Gasteiger partial charge on any atom is 0.230 e. The van der Waals surface area contributed by atoms with Gasteiger partial charge in [0.15, 0.2) is 10.8 Å². The van der Waals surface area contributed by atoms with Gasteiger partial charge < -0.3 is 5.32 Å². The zero-order valence-electron chi connectivity index (χ0n) is 12.7. The van der Waals surface area contributed by atoms with Crippen LogP contribution in [0.5, 0.6) is 0 Å². The van der Waals surface area contributed by atoms with Crippen molar-refractivity contribution < 1.29 is 4.79 Å². The number of nitrogens with zero attached hydrogens (tertiary/aromatic N) is 3. The second-order valence-corrected chi connectivity index (χ2v) is 6.75. The van der Waals surface area contributed by atoms with Crippen molar-refractivity contribution in [2.24, 2.45) is 0 Å². The van der Waals surface area contributed by atoms with Crippen molar-refractivity contribution in [1.29, 1.82) is 0 Å². The van der Waals surface area contributed by atoms with E-state index in [0.717, 1.165) is 23.6 Å². The van der Waals surface area contributed by atoms with Crippen LogP contribution >= 0.6 is 11.8 Å². The number of amides is 1. The molecule has 3 rings (SSSR count). The molecular formula is C16H22N4OS. The van der Waals surface area contributed by atoms with Crippen LogP contribution in [-0.4, -0.2) is 32.3 Å². The van der Waals surface area contributed by atoms with E-state index in [4.69, 9.17) is 0 Å². The lowest BCUT2D eigenvalue weighted by Gasteiger charge is -2.20. The van der Waals surface area contributed by atoms with Crippen LogP contribution in [0.1, 0.15) is 44.9 Å². The highest BCUT2D eigenvalue weighted by atomic mass is 32.2. The summed E-state index contributed by atoms with van der Waals surface area (Å²) in [5.41, 5.74) is 0.811. The Labute approximate surface area is 134 Å². The third-order valence-electron chi connectivity index (χ3n) is 4.09. The molecule has 1 N–H and O–H groups in total. The predicted molar refractivity (Wildman–Crippen MR) is 88.0 cm³/mol. The summed E-state index contributed by atoms with van der Waals surface area (Å²) in [5.74, 6) is 0.495. The molecule has 0 aliphatic heterocycles. The number of carbonyl (C=O) groups is 1. The average molecular weight is 318 g/mol. The van der Waals surface area contributed by atoms with Crippen molar-refractivity contribution in [3.8, 4) is 0 Å². The summed E-state index contributed by atoms with van der Waals surface area (Å²) in [5, 5.41) is 12.2. The van der Waals surface area contributed by atoms with Crippen molar-refractivity contribution in [3.05, 3.63) is 24.4 Å². The first-order valence-corrected chi connectivity index (χ1v) is 9.03. The smallest absolute Gasteiger partial charge is 0.230 e.